The standard InChI is InChI=1S/C9H15NO4S/c11-4-6(5-15)8(12)10-3-1-2-7(10)9(13)14/h6-7,11,15H,1-5H2,(H,13,14)/t6?,7-/m0/s1. The van der Waals surface area contributed by atoms with Gasteiger partial charge in [-0.2, -0.15) is 12.6 Å². The smallest absolute Gasteiger partial charge is 0.326 e. The van der Waals surface area contributed by atoms with Crippen molar-refractivity contribution in [1.82, 2.24) is 4.90 Å². The van der Waals surface area contributed by atoms with Gasteiger partial charge in [-0.1, -0.05) is 0 Å². The van der Waals surface area contributed by atoms with Gasteiger partial charge >= 0.3 is 5.97 Å². The quantitative estimate of drug-likeness (QED) is 0.577. The topological polar surface area (TPSA) is 77.8 Å². The molecule has 2 N–H and O–H groups in total. The molecule has 1 amide bonds. The fourth-order valence-corrected chi connectivity index (χ4v) is 2.01. The average Bonchev–Trinajstić information content (AvgIpc) is 2.67. The highest BCUT2D eigenvalue weighted by Gasteiger charge is 2.36. The molecule has 0 spiro atoms. The minimum absolute atomic E-state index is 0.234. The summed E-state index contributed by atoms with van der Waals surface area (Å²) in [6, 6.07) is -0.730. The summed E-state index contributed by atoms with van der Waals surface area (Å²) in [6.45, 7) is 0.172. The first-order valence-corrected chi connectivity index (χ1v) is 5.50. The number of carbonyl (C=O) groups is 2. The molecule has 0 aromatic heterocycles. The second kappa shape index (κ2) is 5.37. The molecule has 1 saturated heterocycles. The van der Waals surface area contributed by atoms with Crippen LogP contribution in [0.4, 0.5) is 0 Å². The lowest BCUT2D eigenvalue weighted by Gasteiger charge is -2.24. The summed E-state index contributed by atoms with van der Waals surface area (Å²) in [5, 5.41) is 17.8. The van der Waals surface area contributed by atoms with Gasteiger partial charge in [-0.3, -0.25) is 4.79 Å². The molecule has 2 atom stereocenters. The molecular weight excluding hydrogens is 218 g/mol. The van der Waals surface area contributed by atoms with E-state index in [4.69, 9.17) is 10.2 Å². The molecule has 15 heavy (non-hydrogen) atoms. The highest BCUT2D eigenvalue weighted by atomic mass is 32.1. The Morgan fingerprint density at radius 3 is 2.67 bits per heavy atom. The van der Waals surface area contributed by atoms with Crippen molar-refractivity contribution in [3.8, 4) is 0 Å². The summed E-state index contributed by atoms with van der Waals surface area (Å²) in [5.74, 6) is -1.64. The fourth-order valence-electron chi connectivity index (χ4n) is 1.74. The molecule has 1 heterocycles. The monoisotopic (exact) mass is 233 g/mol. The van der Waals surface area contributed by atoms with Crippen LogP contribution in [0.15, 0.2) is 0 Å². The number of aliphatic hydroxyl groups excluding tert-OH is 1. The molecule has 1 rings (SSSR count). The fraction of sp³-hybridized carbons (Fsp3) is 0.778. The zero-order chi connectivity index (χ0) is 11.4. The predicted octanol–water partition coefficient (Wildman–Crippen LogP) is -0.400. The first kappa shape index (κ1) is 12.3. The average molecular weight is 233 g/mol. The third kappa shape index (κ3) is 2.63. The van der Waals surface area contributed by atoms with Crippen LogP contribution in [0.3, 0.4) is 0 Å². The Balaban J connectivity index is 2.69. The van der Waals surface area contributed by atoms with Gasteiger partial charge in [-0.05, 0) is 12.8 Å². The number of carbonyl (C=O) groups excluding carboxylic acids is 1. The molecule has 1 aliphatic rings. The third-order valence-corrected chi connectivity index (χ3v) is 3.05. The number of carboxylic acid groups (broad SMARTS) is 1. The van der Waals surface area contributed by atoms with Crippen molar-refractivity contribution in [2.75, 3.05) is 18.9 Å². The number of likely N-dealkylation sites (tertiary alicyclic amines) is 1. The Kier molecular flexibility index (Phi) is 4.41. The van der Waals surface area contributed by atoms with E-state index in [1.165, 1.54) is 4.90 Å². The van der Waals surface area contributed by atoms with Crippen molar-refractivity contribution in [2.45, 2.75) is 18.9 Å². The Bertz CT molecular complexity index is 254. The highest BCUT2D eigenvalue weighted by molar-refractivity contribution is 7.80. The molecule has 1 fully saturated rings. The van der Waals surface area contributed by atoms with Gasteiger partial charge in [0.15, 0.2) is 0 Å². The van der Waals surface area contributed by atoms with Crippen LogP contribution < -0.4 is 0 Å². The number of carboxylic acids is 1. The van der Waals surface area contributed by atoms with E-state index < -0.39 is 17.9 Å². The van der Waals surface area contributed by atoms with Crippen molar-refractivity contribution < 1.29 is 19.8 Å². The normalized spacial score (nSPS) is 22.8. The van der Waals surface area contributed by atoms with Crippen LogP contribution in [0.5, 0.6) is 0 Å². The van der Waals surface area contributed by atoms with Crippen molar-refractivity contribution in [1.29, 1.82) is 0 Å². The van der Waals surface area contributed by atoms with Crippen LogP contribution in [0.1, 0.15) is 12.8 Å². The van der Waals surface area contributed by atoms with E-state index in [1.807, 2.05) is 0 Å². The number of rotatable bonds is 4. The van der Waals surface area contributed by atoms with Crippen molar-refractivity contribution in [3.05, 3.63) is 0 Å². The molecule has 0 aliphatic carbocycles. The van der Waals surface area contributed by atoms with Crippen molar-refractivity contribution in [3.63, 3.8) is 0 Å². The lowest BCUT2D eigenvalue weighted by atomic mass is 10.1. The summed E-state index contributed by atoms with van der Waals surface area (Å²) in [7, 11) is 0. The molecule has 0 radical (unpaired) electrons. The number of aliphatic hydroxyl groups is 1. The zero-order valence-corrected chi connectivity index (χ0v) is 9.19. The molecule has 0 bridgehead atoms. The Morgan fingerprint density at radius 2 is 2.20 bits per heavy atom. The van der Waals surface area contributed by atoms with Crippen LogP contribution in [0.2, 0.25) is 0 Å². The van der Waals surface area contributed by atoms with E-state index in [1.54, 1.807) is 0 Å². The molecule has 5 nitrogen and oxygen atoms in total. The van der Waals surface area contributed by atoms with E-state index >= 15 is 0 Å². The second-order valence-corrected chi connectivity index (χ2v) is 3.96. The van der Waals surface area contributed by atoms with Gasteiger partial charge in [0.2, 0.25) is 5.91 Å². The van der Waals surface area contributed by atoms with Crippen LogP contribution in [-0.4, -0.2) is 51.9 Å². The second-order valence-electron chi connectivity index (χ2n) is 3.59. The first-order valence-electron chi connectivity index (χ1n) is 4.86. The molecule has 0 saturated carbocycles. The molecular formula is C9H15NO4S. The van der Waals surface area contributed by atoms with Gasteiger partial charge in [-0.15, -0.1) is 0 Å². The van der Waals surface area contributed by atoms with Gasteiger partial charge < -0.3 is 15.1 Å². The summed E-state index contributed by atoms with van der Waals surface area (Å²) in [6.07, 6.45) is 1.19. The van der Waals surface area contributed by atoms with E-state index in [-0.39, 0.29) is 18.3 Å². The molecule has 86 valence electrons. The molecule has 0 aromatic rings. The molecule has 6 heteroatoms. The Labute approximate surface area is 93.5 Å². The minimum Gasteiger partial charge on any atom is -0.480 e. The molecule has 1 unspecified atom stereocenters. The van der Waals surface area contributed by atoms with Gasteiger partial charge in [0.1, 0.15) is 6.04 Å². The van der Waals surface area contributed by atoms with E-state index in [2.05, 4.69) is 12.6 Å². The summed E-state index contributed by atoms with van der Waals surface area (Å²) in [5.41, 5.74) is 0. The van der Waals surface area contributed by atoms with Gasteiger partial charge in [0, 0.05) is 12.3 Å². The number of thiol groups is 1. The largest absolute Gasteiger partial charge is 0.480 e. The van der Waals surface area contributed by atoms with Crippen molar-refractivity contribution >= 4 is 24.5 Å². The number of hydrogen-bond donors (Lipinski definition) is 3. The Hall–Kier alpha value is -0.750. The van der Waals surface area contributed by atoms with Crippen LogP contribution in [0.25, 0.3) is 0 Å². The number of hydrogen-bond acceptors (Lipinski definition) is 4. The SMILES string of the molecule is O=C(O)[C@@H]1CCCN1C(=O)C(CO)CS. The van der Waals surface area contributed by atoms with Crippen LogP contribution >= 0.6 is 12.6 Å². The predicted molar refractivity (Wildman–Crippen MR) is 56.8 cm³/mol. The van der Waals surface area contributed by atoms with Gasteiger partial charge in [0.25, 0.3) is 0 Å². The molecule has 0 aromatic carbocycles. The maximum absolute atomic E-state index is 11.8. The summed E-state index contributed by atoms with van der Waals surface area (Å²) < 4.78 is 0. The summed E-state index contributed by atoms with van der Waals surface area (Å²) >= 11 is 3.95. The first-order chi connectivity index (χ1) is 7.11. The maximum atomic E-state index is 11.8. The van der Waals surface area contributed by atoms with Crippen molar-refractivity contribution in [2.24, 2.45) is 5.92 Å². The van der Waals surface area contributed by atoms with E-state index in [9.17, 15) is 9.59 Å². The maximum Gasteiger partial charge on any atom is 0.326 e. The van der Waals surface area contributed by atoms with Gasteiger partial charge in [0.05, 0.1) is 12.5 Å². The zero-order valence-electron chi connectivity index (χ0n) is 8.30. The lowest BCUT2D eigenvalue weighted by Crippen LogP contribution is -2.44. The van der Waals surface area contributed by atoms with E-state index in [0.29, 0.717) is 19.4 Å². The number of nitrogens with zero attached hydrogens (tertiary/aromatic N) is 1. The van der Waals surface area contributed by atoms with E-state index in [0.717, 1.165) is 0 Å². The van der Waals surface area contributed by atoms with Gasteiger partial charge in [-0.25, -0.2) is 4.79 Å². The summed E-state index contributed by atoms with van der Waals surface area (Å²) in [4.78, 5) is 23.9. The third-order valence-electron chi connectivity index (χ3n) is 2.61. The highest BCUT2D eigenvalue weighted by Crippen LogP contribution is 2.20. The number of amides is 1. The minimum atomic E-state index is -0.975. The molecule has 1 aliphatic heterocycles. The number of aliphatic carboxylic acids is 1. The van der Waals surface area contributed by atoms with Crippen LogP contribution in [-0.2, 0) is 9.59 Å². The lowest BCUT2D eigenvalue weighted by molar-refractivity contribution is -0.150. The Morgan fingerprint density at radius 1 is 1.53 bits per heavy atom. The van der Waals surface area contributed by atoms with Crippen LogP contribution in [0, 0.1) is 5.92 Å².